The SMILES string of the molecule is N#CSc1ccc(O)cc1O. The van der Waals surface area contributed by atoms with Crippen molar-refractivity contribution in [2.75, 3.05) is 0 Å². The number of benzene rings is 1. The molecule has 0 aliphatic rings. The van der Waals surface area contributed by atoms with Crippen LogP contribution < -0.4 is 0 Å². The Morgan fingerprint density at radius 2 is 2.09 bits per heavy atom. The molecule has 0 saturated carbocycles. The summed E-state index contributed by atoms with van der Waals surface area (Å²) >= 11 is 0.855. The normalized spacial score (nSPS) is 9.00. The first-order valence-corrected chi connectivity index (χ1v) is 3.63. The molecule has 0 fully saturated rings. The van der Waals surface area contributed by atoms with Crippen LogP contribution in [0.15, 0.2) is 23.1 Å². The van der Waals surface area contributed by atoms with Gasteiger partial charge in [0.15, 0.2) is 0 Å². The number of hydrogen-bond acceptors (Lipinski definition) is 4. The summed E-state index contributed by atoms with van der Waals surface area (Å²) in [5.41, 5.74) is 0. The van der Waals surface area contributed by atoms with Gasteiger partial charge in [-0.15, -0.1) is 0 Å². The van der Waals surface area contributed by atoms with Crippen LogP contribution in [0.4, 0.5) is 0 Å². The van der Waals surface area contributed by atoms with Crippen molar-refractivity contribution in [2.24, 2.45) is 0 Å². The second-order valence-corrected chi connectivity index (χ2v) is 2.67. The average molecular weight is 167 g/mol. The van der Waals surface area contributed by atoms with E-state index in [0.717, 1.165) is 11.8 Å². The fourth-order valence-corrected chi connectivity index (χ4v) is 1.04. The molecule has 0 spiro atoms. The molecule has 2 N–H and O–H groups in total. The molecular formula is C7H5NO2S. The Kier molecular flexibility index (Phi) is 2.24. The van der Waals surface area contributed by atoms with E-state index in [2.05, 4.69) is 0 Å². The van der Waals surface area contributed by atoms with Gasteiger partial charge < -0.3 is 10.2 Å². The van der Waals surface area contributed by atoms with Gasteiger partial charge in [0.05, 0.1) is 4.90 Å². The molecule has 0 radical (unpaired) electrons. The van der Waals surface area contributed by atoms with Crippen molar-refractivity contribution in [2.45, 2.75) is 4.90 Å². The summed E-state index contributed by atoms with van der Waals surface area (Å²) in [5.74, 6) is -0.0821. The molecule has 0 atom stereocenters. The Morgan fingerprint density at radius 1 is 1.36 bits per heavy atom. The van der Waals surface area contributed by atoms with Gasteiger partial charge in [-0.3, -0.25) is 0 Å². The van der Waals surface area contributed by atoms with E-state index in [1.165, 1.54) is 18.2 Å². The lowest BCUT2D eigenvalue weighted by atomic mass is 10.3. The molecule has 3 nitrogen and oxygen atoms in total. The van der Waals surface area contributed by atoms with Crippen molar-refractivity contribution < 1.29 is 10.2 Å². The zero-order valence-corrected chi connectivity index (χ0v) is 6.30. The Morgan fingerprint density at radius 3 is 2.64 bits per heavy atom. The highest BCUT2D eigenvalue weighted by Gasteiger charge is 2.00. The first-order valence-electron chi connectivity index (χ1n) is 2.82. The van der Waals surface area contributed by atoms with Gasteiger partial charge >= 0.3 is 0 Å². The fraction of sp³-hybridized carbons (Fsp3) is 0. The van der Waals surface area contributed by atoms with E-state index >= 15 is 0 Å². The highest BCUT2D eigenvalue weighted by molar-refractivity contribution is 8.03. The van der Waals surface area contributed by atoms with Crippen molar-refractivity contribution in [3.05, 3.63) is 18.2 Å². The topological polar surface area (TPSA) is 64.2 Å². The molecule has 0 amide bonds. The molecule has 11 heavy (non-hydrogen) atoms. The van der Waals surface area contributed by atoms with Crippen LogP contribution in [-0.4, -0.2) is 10.2 Å². The van der Waals surface area contributed by atoms with Gasteiger partial charge in [-0.05, 0) is 23.9 Å². The highest BCUT2D eigenvalue weighted by atomic mass is 32.2. The van der Waals surface area contributed by atoms with Crippen LogP contribution in [0.3, 0.4) is 0 Å². The number of nitriles is 1. The Balaban J connectivity index is 3.01. The number of rotatable bonds is 1. The maximum atomic E-state index is 9.09. The number of thioether (sulfide) groups is 1. The third-order valence-corrected chi connectivity index (χ3v) is 1.75. The average Bonchev–Trinajstić information content (AvgIpc) is 1.95. The third kappa shape index (κ3) is 1.79. The zero-order chi connectivity index (χ0) is 8.27. The molecule has 0 saturated heterocycles. The highest BCUT2D eigenvalue weighted by Crippen LogP contribution is 2.30. The van der Waals surface area contributed by atoms with Crippen molar-refractivity contribution in [3.8, 4) is 16.9 Å². The molecule has 0 unspecified atom stereocenters. The molecule has 1 aromatic carbocycles. The van der Waals surface area contributed by atoms with E-state index in [1.54, 1.807) is 0 Å². The molecule has 0 aromatic heterocycles. The quantitative estimate of drug-likeness (QED) is 0.493. The van der Waals surface area contributed by atoms with Crippen LogP contribution in [-0.2, 0) is 0 Å². The number of nitrogens with zero attached hydrogens (tertiary/aromatic N) is 1. The van der Waals surface area contributed by atoms with Crippen LogP contribution in [0.5, 0.6) is 11.5 Å². The molecule has 0 heterocycles. The fourth-order valence-electron chi connectivity index (χ4n) is 0.641. The van der Waals surface area contributed by atoms with Gasteiger partial charge in [0.2, 0.25) is 0 Å². The Labute approximate surface area is 67.9 Å². The van der Waals surface area contributed by atoms with E-state index in [9.17, 15) is 0 Å². The third-order valence-electron chi connectivity index (χ3n) is 1.10. The monoisotopic (exact) mass is 167 g/mol. The Hall–Kier alpha value is -1.34. The number of thiocyanates is 1. The van der Waals surface area contributed by atoms with Crippen LogP contribution in [0.25, 0.3) is 0 Å². The molecule has 1 aromatic rings. The van der Waals surface area contributed by atoms with Crippen molar-refractivity contribution >= 4 is 11.8 Å². The van der Waals surface area contributed by atoms with Gasteiger partial charge in [-0.25, -0.2) is 0 Å². The van der Waals surface area contributed by atoms with Crippen LogP contribution in [0.2, 0.25) is 0 Å². The lowest BCUT2D eigenvalue weighted by molar-refractivity contribution is 0.442. The van der Waals surface area contributed by atoms with Crippen LogP contribution in [0.1, 0.15) is 0 Å². The summed E-state index contributed by atoms with van der Waals surface area (Å²) in [5, 5.41) is 28.0. The van der Waals surface area contributed by atoms with Crippen molar-refractivity contribution in [1.29, 1.82) is 5.26 Å². The maximum absolute atomic E-state index is 9.09. The summed E-state index contributed by atoms with van der Waals surface area (Å²) in [6.07, 6.45) is 0. The minimum absolute atomic E-state index is 0.00945. The van der Waals surface area contributed by atoms with Gasteiger partial charge in [0.25, 0.3) is 0 Å². The predicted molar refractivity (Wildman–Crippen MR) is 41.2 cm³/mol. The minimum Gasteiger partial charge on any atom is -0.508 e. The molecule has 0 aliphatic carbocycles. The summed E-state index contributed by atoms with van der Waals surface area (Å²) in [6.45, 7) is 0. The zero-order valence-electron chi connectivity index (χ0n) is 5.48. The number of phenols is 2. The smallest absolute Gasteiger partial charge is 0.138 e. The predicted octanol–water partition coefficient (Wildman–Crippen LogP) is 1.67. The van der Waals surface area contributed by atoms with Gasteiger partial charge in [0.1, 0.15) is 16.9 Å². The van der Waals surface area contributed by atoms with Gasteiger partial charge in [-0.1, -0.05) is 0 Å². The largest absolute Gasteiger partial charge is 0.508 e. The van der Waals surface area contributed by atoms with E-state index in [4.69, 9.17) is 15.5 Å². The van der Waals surface area contributed by atoms with Crippen molar-refractivity contribution in [3.63, 3.8) is 0 Å². The molecule has 1 rings (SSSR count). The van der Waals surface area contributed by atoms with E-state index < -0.39 is 0 Å². The van der Waals surface area contributed by atoms with E-state index in [-0.39, 0.29) is 11.5 Å². The van der Waals surface area contributed by atoms with E-state index in [0.29, 0.717) is 4.90 Å². The molecule has 56 valence electrons. The lowest BCUT2D eigenvalue weighted by Crippen LogP contribution is -1.71. The molecule has 0 bridgehead atoms. The molecule has 0 aliphatic heterocycles. The summed E-state index contributed by atoms with van der Waals surface area (Å²) < 4.78 is 0. The van der Waals surface area contributed by atoms with Gasteiger partial charge in [-0.2, -0.15) is 5.26 Å². The van der Waals surface area contributed by atoms with E-state index in [1.807, 2.05) is 5.40 Å². The maximum Gasteiger partial charge on any atom is 0.138 e. The lowest BCUT2D eigenvalue weighted by Gasteiger charge is -1.97. The first-order chi connectivity index (χ1) is 5.24. The standard InChI is InChI=1S/C7H5NO2S/c8-4-11-7-2-1-5(9)3-6(7)10/h1-3,9-10H. The summed E-state index contributed by atoms with van der Waals surface area (Å²) in [7, 11) is 0. The first kappa shape index (κ1) is 7.76. The second-order valence-electron chi connectivity index (χ2n) is 1.85. The van der Waals surface area contributed by atoms with Crippen LogP contribution in [0, 0.1) is 10.7 Å². The second kappa shape index (κ2) is 3.17. The number of hydrogen-bond donors (Lipinski definition) is 2. The number of phenolic OH excluding ortho intramolecular Hbond substituents is 2. The van der Waals surface area contributed by atoms with Crippen LogP contribution >= 0.6 is 11.8 Å². The number of aromatic hydroxyl groups is 2. The molecular weight excluding hydrogens is 162 g/mol. The Bertz CT molecular complexity index is 306. The van der Waals surface area contributed by atoms with Crippen molar-refractivity contribution in [1.82, 2.24) is 0 Å². The van der Waals surface area contributed by atoms with Gasteiger partial charge in [0, 0.05) is 6.07 Å². The minimum atomic E-state index is -0.0726. The summed E-state index contributed by atoms with van der Waals surface area (Å²) in [4.78, 5) is 0.449. The molecule has 4 heteroatoms. The summed E-state index contributed by atoms with van der Waals surface area (Å²) in [6, 6.07) is 4.09.